The molecule has 0 fully saturated rings. The van der Waals surface area contributed by atoms with Gasteiger partial charge in [0.1, 0.15) is 0 Å². The Morgan fingerprint density at radius 1 is 0.857 bits per heavy atom. The van der Waals surface area contributed by atoms with Crippen molar-refractivity contribution in [3.05, 3.63) is 72.9 Å². The van der Waals surface area contributed by atoms with E-state index in [-0.39, 0.29) is 11.8 Å². The first-order valence-electron chi connectivity index (χ1n) is 8.59. The minimum atomic E-state index is -0.541. The van der Waals surface area contributed by atoms with E-state index in [0.717, 1.165) is 33.7 Å². The molecule has 5 rings (SSSR count). The van der Waals surface area contributed by atoms with Crippen molar-refractivity contribution in [2.24, 2.45) is 0 Å². The number of nitrogens with one attached hydrogen (secondary N) is 3. The zero-order valence-corrected chi connectivity index (χ0v) is 14.5. The second kappa shape index (κ2) is 6.58. The average Bonchev–Trinajstić information content (AvgIpc) is 3.18. The summed E-state index contributed by atoms with van der Waals surface area (Å²) in [4.78, 5) is 12.6. The highest BCUT2D eigenvalue weighted by molar-refractivity contribution is 5.83. The number of H-pyrrole nitrogens is 1. The number of aromatic nitrogens is 5. The molecule has 0 saturated heterocycles. The van der Waals surface area contributed by atoms with Crippen LogP contribution in [0.25, 0.3) is 21.8 Å². The van der Waals surface area contributed by atoms with Gasteiger partial charge in [0.15, 0.2) is 11.6 Å². The monoisotopic (exact) mass is 371 g/mol. The van der Waals surface area contributed by atoms with Crippen molar-refractivity contribution < 1.29 is 4.39 Å². The molecule has 0 saturated carbocycles. The minimum absolute atomic E-state index is 0.0864. The zero-order chi connectivity index (χ0) is 18.9. The van der Waals surface area contributed by atoms with Crippen LogP contribution < -0.4 is 10.6 Å². The van der Waals surface area contributed by atoms with E-state index in [0.29, 0.717) is 5.69 Å². The summed E-state index contributed by atoms with van der Waals surface area (Å²) in [6, 6.07) is 15.1. The van der Waals surface area contributed by atoms with Crippen LogP contribution in [0.1, 0.15) is 0 Å². The molecule has 0 atom stereocenters. The van der Waals surface area contributed by atoms with Gasteiger partial charge in [0, 0.05) is 28.3 Å². The molecule has 136 valence electrons. The SMILES string of the molecule is Fc1cnc(Nc2ccc3cn[nH]c3c2)nc1Nc1ccc2ncccc2c1. The van der Waals surface area contributed by atoms with Crippen molar-refractivity contribution in [1.82, 2.24) is 25.1 Å². The van der Waals surface area contributed by atoms with E-state index in [1.165, 1.54) is 0 Å². The molecule has 0 aliphatic heterocycles. The third-order valence-corrected chi connectivity index (χ3v) is 4.31. The molecule has 0 unspecified atom stereocenters. The number of hydrogen-bond acceptors (Lipinski definition) is 6. The number of anilines is 4. The largest absolute Gasteiger partial charge is 0.338 e. The highest BCUT2D eigenvalue weighted by Crippen LogP contribution is 2.24. The first kappa shape index (κ1) is 16.1. The van der Waals surface area contributed by atoms with Gasteiger partial charge in [-0.15, -0.1) is 0 Å². The van der Waals surface area contributed by atoms with Crippen LogP contribution >= 0.6 is 0 Å². The molecule has 3 N–H and O–H groups in total. The Labute approximate surface area is 158 Å². The zero-order valence-electron chi connectivity index (χ0n) is 14.5. The number of nitrogens with zero attached hydrogens (tertiary/aromatic N) is 4. The van der Waals surface area contributed by atoms with Gasteiger partial charge < -0.3 is 10.6 Å². The summed E-state index contributed by atoms with van der Waals surface area (Å²) in [5.74, 6) is -0.172. The van der Waals surface area contributed by atoms with E-state index >= 15 is 0 Å². The molecule has 0 amide bonds. The lowest BCUT2D eigenvalue weighted by Gasteiger charge is -2.10. The van der Waals surface area contributed by atoms with Crippen LogP contribution in [0.3, 0.4) is 0 Å². The molecule has 2 aromatic carbocycles. The van der Waals surface area contributed by atoms with E-state index in [4.69, 9.17) is 0 Å². The number of rotatable bonds is 4. The third-order valence-electron chi connectivity index (χ3n) is 4.31. The van der Waals surface area contributed by atoms with Crippen LogP contribution in [0.2, 0.25) is 0 Å². The Kier molecular flexibility index (Phi) is 3.79. The fourth-order valence-corrected chi connectivity index (χ4v) is 2.95. The van der Waals surface area contributed by atoms with E-state index < -0.39 is 5.82 Å². The molecular formula is C20H14FN7. The smallest absolute Gasteiger partial charge is 0.229 e. The topological polar surface area (TPSA) is 91.4 Å². The van der Waals surface area contributed by atoms with Gasteiger partial charge in [-0.05, 0) is 42.5 Å². The number of fused-ring (bicyclic) bond motifs is 2. The molecule has 7 nitrogen and oxygen atoms in total. The van der Waals surface area contributed by atoms with Gasteiger partial charge in [0.05, 0.1) is 23.4 Å². The lowest BCUT2D eigenvalue weighted by molar-refractivity contribution is 0.619. The average molecular weight is 371 g/mol. The van der Waals surface area contributed by atoms with Gasteiger partial charge in [-0.3, -0.25) is 10.1 Å². The number of halogens is 1. The first-order valence-corrected chi connectivity index (χ1v) is 8.59. The normalized spacial score (nSPS) is 11.0. The van der Waals surface area contributed by atoms with Crippen molar-refractivity contribution in [1.29, 1.82) is 0 Å². The van der Waals surface area contributed by atoms with Crippen LogP contribution in [-0.4, -0.2) is 25.1 Å². The molecule has 3 aromatic heterocycles. The first-order chi connectivity index (χ1) is 13.7. The predicted molar refractivity (Wildman–Crippen MR) is 106 cm³/mol. The number of pyridine rings is 1. The maximum Gasteiger partial charge on any atom is 0.229 e. The summed E-state index contributed by atoms with van der Waals surface area (Å²) in [6.45, 7) is 0. The van der Waals surface area contributed by atoms with Crippen molar-refractivity contribution in [3.63, 3.8) is 0 Å². The van der Waals surface area contributed by atoms with Gasteiger partial charge in [-0.2, -0.15) is 10.1 Å². The standard InChI is InChI=1S/C20H14FN7/c21-16-11-23-20(26-15-4-3-13-10-24-28-18(13)9-15)27-19(16)25-14-5-6-17-12(8-14)2-1-7-22-17/h1-11H,(H,24,28)(H2,23,25,26,27). The third kappa shape index (κ3) is 3.07. The minimum Gasteiger partial charge on any atom is -0.338 e. The summed E-state index contributed by atoms with van der Waals surface area (Å²) in [5.41, 5.74) is 3.23. The highest BCUT2D eigenvalue weighted by Gasteiger charge is 2.09. The highest BCUT2D eigenvalue weighted by atomic mass is 19.1. The molecule has 0 spiro atoms. The van der Waals surface area contributed by atoms with Crippen LogP contribution in [0.15, 0.2) is 67.1 Å². The fraction of sp³-hybridized carbons (Fsp3) is 0. The van der Waals surface area contributed by atoms with Crippen molar-refractivity contribution >= 4 is 44.9 Å². The summed E-state index contributed by atoms with van der Waals surface area (Å²) in [7, 11) is 0. The van der Waals surface area contributed by atoms with E-state index in [9.17, 15) is 4.39 Å². The second-order valence-electron chi connectivity index (χ2n) is 6.22. The van der Waals surface area contributed by atoms with Gasteiger partial charge in [-0.25, -0.2) is 9.37 Å². The summed E-state index contributed by atoms with van der Waals surface area (Å²) < 4.78 is 14.2. The second-order valence-corrected chi connectivity index (χ2v) is 6.22. The lowest BCUT2D eigenvalue weighted by Crippen LogP contribution is -2.03. The van der Waals surface area contributed by atoms with Crippen LogP contribution in [0.5, 0.6) is 0 Å². The maximum absolute atomic E-state index is 14.2. The Balaban J connectivity index is 1.42. The molecule has 0 radical (unpaired) electrons. The van der Waals surface area contributed by atoms with Crippen LogP contribution in [0, 0.1) is 5.82 Å². The molecular weight excluding hydrogens is 357 g/mol. The van der Waals surface area contributed by atoms with Gasteiger partial charge >= 0.3 is 0 Å². The Bertz CT molecular complexity index is 1300. The van der Waals surface area contributed by atoms with Crippen molar-refractivity contribution in [3.8, 4) is 0 Å². The molecule has 0 bridgehead atoms. The predicted octanol–water partition coefficient (Wildman–Crippen LogP) is 4.53. The quantitative estimate of drug-likeness (QED) is 0.430. The molecule has 0 aliphatic rings. The van der Waals surface area contributed by atoms with Gasteiger partial charge in [-0.1, -0.05) is 6.07 Å². The van der Waals surface area contributed by atoms with E-state index in [2.05, 4.69) is 35.8 Å². The van der Waals surface area contributed by atoms with Crippen molar-refractivity contribution in [2.75, 3.05) is 10.6 Å². The molecule has 5 aromatic rings. The van der Waals surface area contributed by atoms with Gasteiger partial charge in [0.2, 0.25) is 5.95 Å². The summed E-state index contributed by atoms with van der Waals surface area (Å²) >= 11 is 0. The summed E-state index contributed by atoms with van der Waals surface area (Å²) in [6.07, 6.45) is 4.61. The molecule has 3 heterocycles. The maximum atomic E-state index is 14.2. The summed E-state index contributed by atoms with van der Waals surface area (Å²) in [5, 5.41) is 14.9. The van der Waals surface area contributed by atoms with Crippen LogP contribution in [-0.2, 0) is 0 Å². The number of aromatic amines is 1. The number of benzene rings is 2. The van der Waals surface area contributed by atoms with E-state index in [1.54, 1.807) is 12.4 Å². The fourth-order valence-electron chi connectivity index (χ4n) is 2.95. The molecule has 8 heteroatoms. The van der Waals surface area contributed by atoms with Crippen LogP contribution in [0.4, 0.5) is 27.5 Å². The Morgan fingerprint density at radius 3 is 2.71 bits per heavy atom. The molecule has 28 heavy (non-hydrogen) atoms. The number of hydrogen-bond donors (Lipinski definition) is 3. The Morgan fingerprint density at radius 2 is 1.75 bits per heavy atom. The Hall–Kier alpha value is -4.07. The van der Waals surface area contributed by atoms with Crippen molar-refractivity contribution in [2.45, 2.75) is 0 Å². The van der Waals surface area contributed by atoms with Gasteiger partial charge in [0.25, 0.3) is 0 Å². The lowest BCUT2D eigenvalue weighted by atomic mass is 10.2. The van der Waals surface area contributed by atoms with E-state index in [1.807, 2.05) is 48.5 Å². The molecule has 0 aliphatic carbocycles.